The van der Waals surface area contributed by atoms with Gasteiger partial charge in [0, 0.05) is 24.2 Å². The minimum absolute atomic E-state index is 0.237. The molecule has 0 unspecified atom stereocenters. The molecule has 0 aliphatic heterocycles. The molecule has 104 valence electrons. The third-order valence-electron chi connectivity index (χ3n) is 3.66. The van der Waals surface area contributed by atoms with E-state index < -0.39 is 0 Å². The molecule has 1 aromatic heterocycles. The maximum absolute atomic E-state index is 13.7. The van der Waals surface area contributed by atoms with Crippen molar-refractivity contribution >= 4 is 10.9 Å². The molecule has 0 radical (unpaired) electrons. The summed E-state index contributed by atoms with van der Waals surface area (Å²) in [6.45, 7) is 5.26. The van der Waals surface area contributed by atoms with E-state index in [1.807, 2.05) is 6.20 Å². The maximum Gasteiger partial charge on any atom is 0.147 e. The van der Waals surface area contributed by atoms with Gasteiger partial charge in [-0.2, -0.15) is 0 Å². The number of aromatic amines is 1. The number of methoxy groups -OCH3 is 1. The highest BCUT2D eigenvalue weighted by atomic mass is 19.1. The Morgan fingerprint density at radius 1 is 1.37 bits per heavy atom. The predicted molar refractivity (Wildman–Crippen MR) is 76.3 cm³/mol. The van der Waals surface area contributed by atoms with Gasteiger partial charge in [0.05, 0.1) is 12.6 Å². The van der Waals surface area contributed by atoms with Crippen LogP contribution in [-0.4, -0.2) is 36.6 Å². The zero-order valence-corrected chi connectivity index (χ0v) is 12.0. The number of ether oxygens (including phenoxy) is 1. The van der Waals surface area contributed by atoms with Gasteiger partial charge in [-0.1, -0.05) is 0 Å². The van der Waals surface area contributed by atoms with Crippen LogP contribution in [0.5, 0.6) is 5.75 Å². The van der Waals surface area contributed by atoms with Crippen molar-refractivity contribution in [3.05, 3.63) is 29.7 Å². The molecule has 0 saturated carbocycles. The highest BCUT2D eigenvalue weighted by Gasteiger charge is 2.13. The van der Waals surface area contributed by atoms with Gasteiger partial charge in [-0.3, -0.25) is 0 Å². The van der Waals surface area contributed by atoms with E-state index in [1.165, 1.54) is 6.07 Å². The Hall–Kier alpha value is -1.55. The highest BCUT2D eigenvalue weighted by Crippen LogP contribution is 2.30. The zero-order chi connectivity index (χ0) is 14.0. The number of fused-ring (bicyclic) bond motifs is 1. The van der Waals surface area contributed by atoms with Gasteiger partial charge in [0.25, 0.3) is 0 Å². The van der Waals surface area contributed by atoms with Crippen LogP contribution in [0.25, 0.3) is 10.9 Å². The Kier molecular flexibility index (Phi) is 4.10. The summed E-state index contributed by atoms with van der Waals surface area (Å²) >= 11 is 0. The van der Waals surface area contributed by atoms with Gasteiger partial charge in [0.2, 0.25) is 0 Å². The molecule has 4 heteroatoms. The third kappa shape index (κ3) is 2.73. The number of rotatable bonds is 5. The van der Waals surface area contributed by atoms with Crippen molar-refractivity contribution < 1.29 is 9.13 Å². The van der Waals surface area contributed by atoms with Crippen LogP contribution < -0.4 is 4.74 Å². The first-order valence-corrected chi connectivity index (χ1v) is 6.57. The fraction of sp³-hybridized carbons (Fsp3) is 0.467. The minimum atomic E-state index is -0.237. The van der Waals surface area contributed by atoms with Crippen LogP contribution in [0.3, 0.4) is 0 Å². The number of aromatic nitrogens is 1. The summed E-state index contributed by atoms with van der Waals surface area (Å²) in [6, 6.07) is 3.62. The molecule has 3 nitrogen and oxygen atoms in total. The van der Waals surface area contributed by atoms with Crippen LogP contribution in [0, 0.1) is 5.82 Å². The number of hydrogen-bond donors (Lipinski definition) is 1. The van der Waals surface area contributed by atoms with Crippen LogP contribution in [0.4, 0.5) is 4.39 Å². The molecule has 0 amide bonds. The SMILES string of the molecule is COc1ccc(F)c2[nH]cc(CCN(C)C(C)C)c12. The van der Waals surface area contributed by atoms with E-state index in [9.17, 15) is 4.39 Å². The van der Waals surface area contributed by atoms with E-state index in [0.29, 0.717) is 11.6 Å². The lowest BCUT2D eigenvalue weighted by Crippen LogP contribution is -2.28. The molecule has 0 spiro atoms. The van der Waals surface area contributed by atoms with Gasteiger partial charge < -0.3 is 14.6 Å². The van der Waals surface area contributed by atoms with Crippen molar-refractivity contribution in [1.29, 1.82) is 0 Å². The topological polar surface area (TPSA) is 28.3 Å². The van der Waals surface area contributed by atoms with Gasteiger partial charge in [0.15, 0.2) is 0 Å². The molecule has 0 saturated heterocycles. The first-order chi connectivity index (χ1) is 9.04. The predicted octanol–water partition coefficient (Wildman–Crippen LogP) is 3.20. The van der Waals surface area contributed by atoms with Crippen molar-refractivity contribution in [2.75, 3.05) is 20.7 Å². The Morgan fingerprint density at radius 3 is 2.74 bits per heavy atom. The Morgan fingerprint density at radius 2 is 2.11 bits per heavy atom. The molecule has 1 N–H and O–H groups in total. The molecule has 2 rings (SSSR count). The van der Waals surface area contributed by atoms with Crippen molar-refractivity contribution in [2.45, 2.75) is 26.3 Å². The minimum Gasteiger partial charge on any atom is -0.496 e. The number of hydrogen-bond acceptors (Lipinski definition) is 2. The summed E-state index contributed by atoms with van der Waals surface area (Å²) in [5.74, 6) is 0.485. The average Bonchev–Trinajstić information content (AvgIpc) is 2.81. The second-order valence-corrected chi connectivity index (χ2v) is 5.14. The Balaban J connectivity index is 2.31. The molecule has 1 heterocycles. The molecule has 2 aromatic rings. The molecule has 0 aliphatic carbocycles. The lowest BCUT2D eigenvalue weighted by Gasteiger charge is -2.20. The van der Waals surface area contributed by atoms with Gasteiger partial charge in [-0.25, -0.2) is 4.39 Å². The molecule has 0 bridgehead atoms. The van der Waals surface area contributed by atoms with Gasteiger partial charge in [-0.15, -0.1) is 0 Å². The first-order valence-electron chi connectivity index (χ1n) is 6.57. The molecular formula is C15H21FN2O. The largest absolute Gasteiger partial charge is 0.496 e. The molecule has 19 heavy (non-hydrogen) atoms. The summed E-state index contributed by atoms with van der Waals surface area (Å²) in [5.41, 5.74) is 1.63. The van der Waals surface area contributed by atoms with Crippen molar-refractivity contribution in [1.82, 2.24) is 9.88 Å². The highest BCUT2D eigenvalue weighted by molar-refractivity contribution is 5.89. The summed E-state index contributed by atoms with van der Waals surface area (Å²) in [6.07, 6.45) is 2.75. The van der Waals surface area contributed by atoms with E-state index in [1.54, 1.807) is 13.2 Å². The van der Waals surface area contributed by atoms with Crippen LogP contribution in [-0.2, 0) is 6.42 Å². The quantitative estimate of drug-likeness (QED) is 0.898. The average molecular weight is 264 g/mol. The molecule has 1 aromatic carbocycles. The monoisotopic (exact) mass is 264 g/mol. The molecular weight excluding hydrogens is 243 g/mol. The van der Waals surface area contributed by atoms with E-state index in [4.69, 9.17) is 4.74 Å². The third-order valence-corrected chi connectivity index (χ3v) is 3.66. The second kappa shape index (κ2) is 5.61. The van der Waals surface area contributed by atoms with Crippen molar-refractivity contribution in [3.8, 4) is 5.75 Å². The lowest BCUT2D eigenvalue weighted by molar-refractivity contribution is 0.277. The lowest BCUT2D eigenvalue weighted by atomic mass is 10.1. The number of halogens is 1. The number of benzene rings is 1. The van der Waals surface area contributed by atoms with Gasteiger partial charge in [0.1, 0.15) is 11.6 Å². The standard InChI is InChI=1S/C15H21FN2O/c1-10(2)18(3)8-7-11-9-17-15-12(16)5-6-13(19-4)14(11)15/h5-6,9-10,17H,7-8H2,1-4H3. The normalized spacial score (nSPS) is 11.7. The van der Waals surface area contributed by atoms with Crippen LogP contribution in [0.1, 0.15) is 19.4 Å². The van der Waals surface area contributed by atoms with Gasteiger partial charge >= 0.3 is 0 Å². The summed E-state index contributed by atoms with van der Waals surface area (Å²) in [4.78, 5) is 5.28. The fourth-order valence-electron chi connectivity index (χ4n) is 2.17. The molecule has 0 fully saturated rings. The number of nitrogens with zero attached hydrogens (tertiary/aromatic N) is 1. The van der Waals surface area contributed by atoms with E-state index >= 15 is 0 Å². The zero-order valence-electron chi connectivity index (χ0n) is 12.0. The smallest absolute Gasteiger partial charge is 0.147 e. The van der Waals surface area contributed by atoms with E-state index in [0.717, 1.165) is 29.7 Å². The van der Waals surface area contributed by atoms with Crippen molar-refractivity contribution in [3.63, 3.8) is 0 Å². The number of likely N-dealkylation sites (N-methyl/N-ethyl adjacent to an activating group) is 1. The van der Waals surface area contributed by atoms with Gasteiger partial charge in [-0.05, 0) is 45.0 Å². The number of nitrogens with one attached hydrogen (secondary N) is 1. The van der Waals surface area contributed by atoms with Crippen molar-refractivity contribution in [2.24, 2.45) is 0 Å². The Labute approximate surface area is 113 Å². The summed E-state index contributed by atoms with van der Waals surface area (Å²) < 4.78 is 19.1. The summed E-state index contributed by atoms with van der Waals surface area (Å²) in [7, 11) is 3.71. The molecule has 0 aliphatic rings. The maximum atomic E-state index is 13.7. The summed E-state index contributed by atoms with van der Waals surface area (Å²) in [5, 5.41) is 0.861. The number of H-pyrrole nitrogens is 1. The second-order valence-electron chi connectivity index (χ2n) is 5.14. The Bertz CT molecular complexity index is 563. The van der Waals surface area contributed by atoms with Crippen LogP contribution >= 0.6 is 0 Å². The van der Waals surface area contributed by atoms with Crippen LogP contribution in [0.2, 0.25) is 0 Å². The van der Waals surface area contributed by atoms with E-state index in [2.05, 4.69) is 30.8 Å². The van der Waals surface area contributed by atoms with E-state index in [-0.39, 0.29) is 5.82 Å². The molecule has 0 atom stereocenters. The first kappa shape index (κ1) is 13.9. The fourth-order valence-corrected chi connectivity index (χ4v) is 2.17. The van der Waals surface area contributed by atoms with Crippen LogP contribution in [0.15, 0.2) is 18.3 Å².